The van der Waals surface area contributed by atoms with Gasteiger partial charge in [-0.1, -0.05) is 34.1 Å². The molecule has 0 aliphatic heterocycles. The largest absolute Gasteiger partial charge is 0.508 e. The molecule has 0 aliphatic rings. The van der Waals surface area contributed by atoms with Gasteiger partial charge in [-0.25, -0.2) is 0 Å². The maximum atomic E-state index is 12.1. The SMILES string of the molecule is CC(C)(O)c1cccc(NC(=O)Cc2ccc(Br)cc2O)c1. The Hall–Kier alpha value is -1.85. The fourth-order valence-corrected chi connectivity index (χ4v) is 2.39. The highest BCUT2D eigenvalue weighted by molar-refractivity contribution is 9.10. The molecule has 0 spiro atoms. The first-order valence-electron chi connectivity index (χ1n) is 6.86. The number of amides is 1. The van der Waals surface area contributed by atoms with Crippen LogP contribution in [0.25, 0.3) is 0 Å². The van der Waals surface area contributed by atoms with Crippen molar-refractivity contribution in [1.29, 1.82) is 0 Å². The number of aliphatic hydroxyl groups is 1. The van der Waals surface area contributed by atoms with Crippen LogP contribution in [0, 0.1) is 0 Å². The van der Waals surface area contributed by atoms with E-state index in [4.69, 9.17) is 0 Å². The van der Waals surface area contributed by atoms with Crippen LogP contribution in [-0.4, -0.2) is 16.1 Å². The minimum absolute atomic E-state index is 0.0753. The zero-order valence-electron chi connectivity index (χ0n) is 12.4. The highest BCUT2D eigenvalue weighted by Gasteiger charge is 2.16. The van der Waals surface area contributed by atoms with Gasteiger partial charge in [0.15, 0.2) is 0 Å². The predicted octanol–water partition coefficient (Wildman–Crippen LogP) is 3.56. The number of phenols is 1. The maximum Gasteiger partial charge on any atom is 0.228 e. The molecule has 0 aromatic heterocycles. The summed E-state index contributed by atoms with van der Waals surface area (Å²) in [5.74, 6) is -0.153. The molecule has 0 fully saturated rings. The van der Waals surface area contributed by atoms with Gasteiger partial charge in [0.05, 0.1) is 12.0 Å². The summed E-state index contributed by atoms with van der Waals surface area (Å²) in [6.07, 6.45) is 0.0753. The normalized spacial score (nSPS) is 11.3. The highest BCUT2D eigenvalue weighted by Crippen LogP contribution is 2.24. The van der Waals surface area contributed by atoms with Crippen LogP contribution in [0.5, 0.6) is 5.75 Å². The molecular weight excluding hydrogens is 346 g/mol. The van der Waals surface area contributed by atoms with E-state index in [0.717, 1.165) is 10.0 Å². The molecule has 116 valence electrons. The number of aromatic hydroxyl groups is 1. The summed E-state index contributed by atoms with van der Waals surface area (Å²) in [7, 11) is 0. The third-order valence-corrected chi connectivity index (χ3v) is 3.74. The molecule has 2 aromatic carbocycles. The van der Waals surface area contributed by atoms with E-state index in [2.05, 4.69) is 21.2 Å². The summed E-state index contributed by atoms with van der Waals surface area (Å²) in [5, 5.41) is 22.6. The Morgan fingerprint density at radius 1 is 1.23 bits per heavy atom. The van der Waals surface area contributed by atoms with E-state index < -0.39 is 5.60 Å². The molecule has 2 rings (SSSR count). The number of anilines is 1. The molecule has 22 heavy (non-hydrogen) atoms. The van der Waals surface area contributed by atoms with Crippen LogP contribution in [0.1, 0.15) is 25.0 Å². The molecule has 1 amide bonds. The van der Waals surface area contributed by atoms with Crippen LogP contribution in [0.2, 0.25) is 0 Å². The molecule has 0 heterocycles. The van der Waals surface area contributed by atoms with Crippen LogP contribution in [0.3, 0.4) is 0 Å². The standard InChI is InChI=1S/C17H18BrNO3/c1-17(2,22)12-4-3-5-14(9-12)19-16(21)8-11-6-7-13(18)10-15(11)20/h3-7,9-10,20,22H,8H2,1-2H3,(H,19,21). The van der Waals surface area contributed by atoms with E-state index >= 15 is 0 Å². The fourth-order valence-electron chi connectivity index (χ4n) is 2.04. The maximum absolute atomic E-state index is 12.1. The fraction of sp³-hybridized carbons (Fsp3) is 0.235. The molecule has 2 aromatic rings. The van der Waals surface area contributed by atoms with Gasteiger partial charge in [-0.05, 0) is 43.7 Å². The summed E-state index contributed by atoms with van der Waals surface area (Å²) < 4.78 is 0.757. The first-order chi connectivity index (χ1) is 10.3. The number of hydrogen-bond acceptors (Lipinski definition) is 3. The lowest BCUT2D eigenvalue weighted by Crippen LogP contribution is -2.17. The first-order valence-corrected chi connectivity index (χ1v) is 7.65. The molecule has 0 radical (unpaired) electrons. The smallest absolute Gasteiger partial charge is 0.228 e. The predicted molar refractivity (Wildman–Crippen MR) is 89.8 cm³/mol. The second kappa shape index (κ2) is 6.50. The summed E-state index contributed by atoms with van der Waals surface area (Å²) in [6, 6.07) is 12.1. The van der Waals surface area contributed by atoms with E-state index in [-0.39, 0.29) is 18.1 Å². The minimum Gasteiger partial charge on any atom is -0.508 e. The molecule has 3 N–H and O–H groups in total. The van der Waals surface area contributed by atoms with Gasteiger partial charge in [0.2, 0.25) is 5.91 Å². The van der Waals surface area contributed by atoms with Gasteiger partial charge in [-0.3, -0.25) is 4.79 Å². The van der Waals surface area contributed by atoms with Crippen molar-refractivity contribution in [3.63, 3.8) is 0 Å². The van der Waals surface area contributed by atoms with Gasteiger partial charge in [0, 0.05) is 15.7 Å². The summed E-state index contributed by atoms with van der Waals surface area (Å²) >= 11 is 3.26. The second-order valence-corrected chi connectivity index (χ2v) is 6.55. The number of carbonyl (C=O) groups excluding carboxylic acids is 1. The Balaban J connectivity index is 2.09. The summed E-state index contributed by atoms with van der Waals surface area (Å²) in [5.41, 5.74) is 0.919. The molecular formula is C17H18BrNO3. The number of hydrogen-bond donors (Lipinski definition) is 3. The van der Waals surface area contributed by atoms with E-state index in [1.54, 1.807) is 56.3 Å². The number of rotatable bonds is 4. The molecule has 5 heteroatoms. The molecule has 0 bridgehead atoms. The van der Waals surface area contributed by atoms with Crippen LogP contribution in [0.4, 0.5) is 5.69 Å². The van der Waals surface area contributed by atoms with Gasteiger partial charge in [0.25, 0.3) is 0 Å². The molecule has 0 aliphatic carbocycles. The Bertz CT molecular complexity index is 693. The Kier molecular flexibility index (Phi) is 4.88. The van der Waals surface area contributed by atoms with Crippen molar-refractivity contribution in [3.8, 4) is 5.75 Å². The van der Waals surface area contributed by atoms with Crippen LogP contribution < -0.4 is 5.32 Å². The van der Waals surface area contributed by atoms with E-state index in [9.17, 15) is 15.0 Å². The molecule has 0 atom stereocenters. The lowest BCUT2D eigenvalue weighted by molar-refractivity contribution is -0.115. The Morgan fingerprint density at radius 3 is 2.59 bits per heavy atom. The van der Waals surface area contributed by atoms with E-state index in [1.807, 2.05) is 0 Å². The number of benzene rings is 2. The topological polar surface area (TPSA) is 69.6 Å². The molecule has 0 saturated heterocycles. The molecule has 0 saturated carbocycles. The lowest BCUT2D eigenvalue weighted by atomic mass is 9.98. The van der Waals surface area contributed by atoms with E-state index in [0.29, 0.717) is 11.3 Å². The zero-order valence-corrected chi connectivity index (χ0v) is 14.0. The van der Waals surface area contributed by atoms with Crippen molar-refractivity contribution in [2.24, 2.45) is 0 Å². The molecule has 4 nitrogen and oxygen atoms in total. The van der Waals surface area contributed by atoms with Gasteiger partial charge in [-0.2, -0.15) is 0 Å². The Morgan fingerprint density at radius 2 is 1.95 bits per heavy atom. The quantitative estimate of drug-likeness (QED) is 0.777. The average Bonchev–Trinajstić information content (AvgIpc) is 2.41. The monoisotopic (exact) mass is 363 g/mol. The van der Waals surface area contributed by atoms with Crippen LogP contribution in [-0.2, 0) is 16.8 Å². The average molecular weight is 364 g/mol. The highest BCUT2D eigenvalue weighted by atomic mass is 79.9. The summed E-state index contributed by atoms with van der Waals surface area (Å²) in [6.45, 7) is 3.38. The number of carbonyl (C=O) groups is 1. The van der Waals surface area contributed by atoms with E-state index in [1.165, 1.54) is 0 Å². The summed E-state index contributed by atoms with van der Waals surface area (Å²) in [4.78, 5) is 12.1. The molecule has 0 unspecified atom stereocenters. The van der Waals surface area contributed by atoms with Gasteiger partial charge >= 0.3 is 0 Å². The third-order valence-electron chi connectivity index (χ3n) is 3.25. The third kappa shape index (κ3) is 4.32. The number of nitrogens with one attached hydrogen (secondary N) is 1. The van der Waals surface area contributed by atoms with Crippen molar-refractivity contribution in [2.45, 2.75) is 25.9 Å². The second-order valence-electron chi connectivity index (χ2n) is 5.64. The zero-order chi connectivity index (χ0) is 16.3. The van der Waals surface area contributed by atoms with Crippen LogP contribution >= 0.6 is 15.9 Å². The Labute approximate surface area is 137 Å². The number of halogens is 1. The first kappa shape index (κ1) is 16.5. The van der Waals surface area contributed by atoms with Gasteiger partial charge in [-0.15, -0.1) is 0 Å². The lowest BCUT2D eigenvalue weighted by Gasteiger charge is -2.18. The van der Waals surface area contributed by atoms with Crippen molar-refractivity contribution in [1.82, 2.24) is 0 Å². The minimum atomic E-state index is -0.968. The van der Waals surface area contributed by atoms with Gasteiger partial charge in [0.1, 0.15) is 5.75 Å². The van der Waals surface area contributed by atoms with Crippen molar-refractivity contribution < 1.29 is 15.0 Å². The van der Waals surface area contributed by atoms with Crippen molar-refractivity contribution in [2.75, 3.05) is 5.32 Å². The van der Waals surface area contributed by atoms with Crippen molar-refractivity contribution >= 4 is 27.5 Å². The van der Waals surface area contributed by atoms with Crippen LogP contribution in [0.15, 0.2) is 46.9 Å². The van der Waals surface area contributed by atoms with Gasteiger partial charge < -0.3 is 15.5 Å². The number of phenolic OH excluding ortho intramolecular Hbond substituents is 1. The van der Waals surface area contributed by atoms with Crippen molar-refractivity contribution in [3.05, 3.63) is 58.1 Å².